The van der Waals surface area contributed by atoms with Gasteiger partial charge in [-0.15, -0.1) is 0 Å². The molecule has 2 N–H and O–H groups in total. The number of carbonyl (C=O) groups excluding carboxylic acids is 2. The Labute approximate surface area is 178 Å². The van der Waals surface area contributed by atoms with Crippen molar-refractivity contribution in [3.05, 3.63) is 41.2 Å². The first-order valence-electron chi connectivity index (χ1n) is 9.97. The van der Waals surface area contributed by atoms with E-state index in [1.807, 2.05) is 30.4 Å². The van der Waals surface area contributed by atoms with Gasteiger partial charge in [0.15, 0.2) is 5.78 Å². The molecule has 0 saturated carbocycles. The number of nitrogens with zero attached hydrogens (tertiary/aromatic N) is 2. The molecule has 164 valence electrons. The van der Waals surface area contributed by atoms with Crippen LogP contribution in [0, 0.1) is 5.92 Å². The average Bonchev–Trinajstić information content (AvgIpc) is 3.05. The second-order valence-corrected chi connectivity index (χ2v) is 7.78. The zero-order chi connectivity index (χ0) is 22.6. The van der Waals surface area contributed by atoms with Crippen LogP contribution in [0.2, 0.25) is 0 Å². The number of pyridine rings is 1. The highest BCUT2D eigenvalue weighted by atomic mass is 19.1. The molecule has 0 radical (unpaired) electrons. The summed E-state index contributed by atoms with van der Waals surface area (Å²) in [6.45, 7) is 2.13. The van der Waals surface area contributed by atoms with Crippen molar-refractivity contribution >= 4 is 35.5 Å². The Morgan fingerprint density at radius 3 is 2.71 bits per heavy atom. The van der Waals surface area contributed by atoms with Gasteiger partial charge in [0, 0.05) is 24.1 Å². The monoisotopic (exact) mass is 429 g/mol. The van der Waals surface area contributed by atoms with E-state index in [1.165, 1.54) is 0 Å². The summed E-state index contributed by atoms with van der Waals surface area (Å²) in [5.41, 5.74) is 1.39. The minimum atomic E-state index is -1.49. The molecule has 1 aliphatic carbocycles. The zero-order valence-corrected chi connectivity index (χ0v) is 17.3. The number of hydrogen-bond donors (Lipinski definition) is 2. The summed E-state index contributed by atoms with van der Waals surface area (Å²) >= 11 is 0. The van der Waals surface area contributed by atoms with E-state index >= 15 is 0 Å². The maximum atomic E-state index is 13.1. The first-order chi connectivity index (χ1) is 14.8. The van der Waals surface area contributed by atoms with Gasteiger partial charge < -0.3 is 15.3 Å². The number of oxime groups is 1. The second kappa shape index (κ2) is 9.20. The number of amides is 1. The Kier molecular flexibility index (Phi) is 6.62. The summed E-state index contributed by atoms with van der Waals surface area (Å²) < 4.78 is 12.9. The fraction of sp³-hybridized carbons (Fsp3) is 0.409. The molecule has 0 bridgehead atoms. The first-order valence-corrected chi connectivity index (χ1v) is 9.97. The summed E-state index contributed by atoms with van der Waals surface area (Å²) in [5.74, 6) is -3.43. The van der Waals surface area contributed by atoms with Crippen LogP contribution < -0.4 is 5.32 Å². The minimum Gasteiger partial charge on any atom is -0.481 e. The number of nitrogens with one attached hydrogen (secondary N) is 1. The van der Waals surface area contributed by atoms with E-state index in [4.69, 9.17) is 9.94 Å². The molecule has 3 rings (SSSR count). The van der Waals surface area contributed by atoms with E-state index in [0.717, 1.165) is 17.5 Å². The maximum absolute atomic E-state index is 13.1. The highest BCUT2D eigenvalue weighted by molar-refractivity contribution is 6.07. The molecule has 1 amide bonds. The number of aromatic nitrogens is 1. The highest BCUT2D eigenvalue weighted by Gasteiger charge is 2.51. The lowest BCUT2D eigenvalue weighted by molar-refractivity contribution is -0.152. The fourth-order valence-electron chi connectivity index (χ4n) is 3.56. The van der Waals surface area contributed by atoms with Gasteiger partial charge in [0.05, 0.1) is 12.1 Å². The topological polar surface area (TPSA) is 118 Å². The van der Waals surface area contributed by atoms with Crippen LogP contribution in [0.5, 0.6) is 0 Å². The van der Waals surface area contributed by atoms with Gasteiger partial charge in [0.25, 0.3) is 5.91 Å². The van der Waals surface area contributed by atoms with Gasteiger partial charge in [0.2, 0.25) is 5.60 Å². The molecule has 0 unspecified atom stereocenters. The molecule has 1 aliphatic heterocycles. The van der Waals surface area contributed by atoms with Gasteiger partial charge in [0.1, 0.15) is 18.4 Å². The standard InChI is InChI=1S/C22H24FN3O5/c1-13(2)22(21(30)25-16(10-19(28)29)18(27)12-23)11-17(26-31-22)20-15-7-5-3-4-6-14(15)8-9-24-20/h4-9,13,16H,3,10-12H2,1-2H3,(H,25,30)(H,28,29)/t16-,22+/m0/s1. The molecule has 0 spiro atoms. The number of hydrogen-bond acceptors (Lipinski definition) is 6. The zero-order valence-electron chi connectivity index (χ0n) is 17.3. The molecule has 1 aromatic rings. The quantitative estimate of drug-likeness (QED) is 0.656. The minimum absolute atomic E-state index is 0.0706. The summed E-state index contributed by atoms with van der Waals surface area (Å²) in [6, 6.07) is 0.389. The smallest absolute Gasteiger partial charge is 0.305 e. The third kappa shape index (κ3) is 4.55. The van der Waals surface area contributed by atoms with Crippen molar-refractivity contribution < 1.29 is 28.7 Å². The first kappa shape index (κ1) is 22.3. The van der Waals surface area contributed by atoms with Crippen LogP contribution in [0.25, 0.3) is 12.2 Å². The van der Waals surface area contributed by atoms with Gasteiger partial charge >= 0.3 is 5.97 Å². The van der Waals surface area contributed by atoms with E-state index in [1.54, 1.807) is 20.0 Å². The Morgan fingerprint density at radius 1 is 1.29 bits per heavy atom. The van der Waals surface area contributed by atoms with Crippen LogP contribution in [0.4, 0.5) is 4.39 Å². The van der Waals surface area contributed by atoms with Crippen molar-refractivity contribution in [1.29, 1.82) is 0 Å². The number of allylic oxidation sites excluding steroid dienone is 2. The lowest BCUT2D eigenvalue weighted by atomic mass is 9.83. The van der Waals surface area contributed by atoms with E-state index in [2.05, 4.69) is 15.5 Å². The van der Waals surface area contributed by atoms with Gasteiger partial charge in [-0.25, -0.2) is 4.39 Å². The van der Waals surface area contributed by atoms with Gasteiger partial charge in [-0.3, -0.25) is 19.4 Å². The van der Waals surface area contributed by atoms with Crippen LogP contribution in [-0.4, -0.2) is 51.8 Å². The molecule has 0 saturated heterocycles. The second-order valence-electron chi connectivity index (χ2n) is 7.78. The molecular formula is C22H24FN3O5. The molecule has 31 heavy (non-hydrogen) atoms. The normalized spacial score (nSPS) is 20.5. The molecule has 0 fully saturated rings. The largest absolute Gasteiger partial charge is 0.481 e. The number of carboxylic acid groups (broad SMARTS) is 1. The molecular weight excluding hydrogens is 405 g/mol. The number of halogens is 1. The van der Waals surface area contributed by atoms with Gasteiger partial charge in [-0.1, -0.05) is 43.3 Å². The lowest BCUT2D eigenvalue weighted by Crippen LogP contribution is -2.55. The molecule has 2 aliphatic rings. The van der Waals surface area contributed by atoms with E-state index in [-0.39, 0.29) is 12.3 Å². The number of carboxylic acids is 1. The van der Waals surface area contributed by atoms with Crippen molar-refractivity contribution in [3.63, 3.8) is 0 Å². The van der Waals surface area contributed by atoms with Crippen molar-refractivity contribution in [2.45, 2.75) is 44.8 Å². The third-order valence-corrected chi connectivity index (χ3v) is 5.42. The van der Waals surface area contributed by atoms with Crippen molar-refractivity contribution in [1.82, 2.24) is 10.3 Å². The average molecular weight is 429 g/mol. The van der Waals surface area contributed by atoms with Crippen LogP contribution in [-0.2, 0) is 19.2 Å². The van der Waals surface area contributed by atoms with E-state index < -0.39 is 42.4 Å². The van der Waals surface area contributed by atoms with Gasteiger partial charge in [-0.05, 0) is 18.1 Å². The Hall–Kier alpha value is -3.36. The molecule has 2 atom stereocenters. The number of Topliss-reactive ketones (excluding diaryl/α,β-unsaturated/α-hetero) is 1. The summed E-state index contributed by atoms with van der Waals surface area (Å²) in [7, 11) is 0. The number of carbonyl (C=O) groups is 3. The third-order valence-electron chi connectivity index (χ3n) is 5.42. The van der Waals surface area contributed by atoms with Crippen molar-refractivity contribution in [2.75, 3.05) is 6.67 Å². The number of rotatable bonds is 8. The van der Waals surface area contributed by atoms with Crippen LogP contribution in [0.3, 0.4) is 0 Å². The molecule has 1 aromatic heterocycles. The SMILES string of the molecule is CC(C)[C@@]1(C(=O)N[C@@H](CC(=O)O)C(=O)CF)CC(c2nccc3c2C=CCC=C3)=NO1. The summed E-state index contributed by atoms with van der Waals surface area (Å²) in [6.07, 6.45) is 9.72. The predicted octanol–water partition coefficient (Wildman–Crippen LogP) is 2.53. The van der Waals surface area contributed by atoms with Crippen LogP contribution >= 0.6 is 0 Å². The molecule has 0 aromatic carbocycles. The summed E-state index contributed by atoms with van der Waals surface area (Å²) in [5, 5.41) is 15.5. The van der Waals surface area contributed by atoms with Crippen LogP contribution in [0.1, 0.15) is 49.9 Å². The Balaban J connectivity index is 1.88. The number of fused-ring (bicyclic) bond motifs is 1. The summed E-state index contributed by atoms with van der Waals surface area (Å²) in [4.78, 5) is 46.0. The Morgan fingerprint density at radius 2 is 2.03 bits per heavy atom. The van der Waals surface area contributed by atoms with Crippen molar-refractivity contribution in [3.8, 4) is 0 Å². The van der Waals surface area contributed by atoms with Crippen molar-refractivity contribution in [2.24, 2.45) is 11.1 Å². The molecule has 9 heteroatoms. The number of ketones is 1. The number of aliphatic carboxylic acids is 1. The lowest BCUT2D eigenvalue weighted by Gasteiger charge is -2.30. The predicted molar refractivity (Wildman–Crippen MR) is 112 cm³/mol. The number of alkyl halides is 1. The van der Waals surface area contributed by atoms with E-state index in [0.29, 0.717) is 11.4 Å². The van der Waals surface area contributed by atoms with E-state index in [9.17, 15) is 18.8 Å². The Bertz CT molecular complexity index is 985. The fourth-order valence-corrected chi connectivity index (χ4v) is 3.56. The molecule has 2 heterocycles. The molecule has 8 nitrogen and oxygen atoms in total. The highest BCUT2D eigenvalue weighted by Crippen LogP contribution is 2.35. The van der Waals surface area contributed by atoms with Crippen LogP contribution in [0.15, 0.2) is 29.6 Å². The van der Waals surface area contributed by atoms with Gasteiger partial charge in [-0.2, -0.15) is 0 Å². The maximum Gasteiger partial charge on any atom is 0.305 e.